The molecule has 0 atom stereocenters. The van der Waals surface area contributed by atoms with E-state index in [1.54, 1.807) is 11.4 Å². The van der Waals surface area contributed by atoms with Crippen molar-refractivity contribution < 1.29 is 8.78 Å². The quantitative estimate of drug-likeness (QED) is 0.245. The summed E-state index contributed by atoms with van der Waals surface area (Å²) in [6.45, 7) is -2.30. The van der Waals surface area contributed by atoms with E-state index in [1.165, 1.54) is 35.4 Å². The van der Waals surface area contributed by atoms with Crippen LogP contribution < -0.4 is 15.9 Å². The molecule has 0 heterocycles. The molecular formula is C31H24F2PS+. The average Bonchev–Trinajstić information content (AvgIpc) is 2.91. The third-order valence-corrected chi connectivity index (χ3v) is 13.1. The Morgan fingerprint density at radius 1 is 0.600 bits per heavy atom. The summed E-state index contributed by atoms with van der Waals surface area (Å²) in [5.41, 5.74) is 2.42. The Morgan fingerprint density at radius 3 is 1.63 bits per heavy atom. The Kier molecular flexibility index (Phi) is 7.08. The van der Waals surface area contributed by atoms with Gasteiger partial charge in [-0.2, -0.15) is 0 Å². The largest absolute Gasteiger partial charge is 0.207 e. The zero-order valence-electron chi connectivity index (χ0n) is 19.0. The molecule has 0 saturated carbocycles. The summed E-state index contributed by atoms with van der Waals surface area (Å²) < 4.78 is 27.9. The van der Waals surface area contributed by atoms with Crippen molar-refractivity contribution in [3.63, 3.8) is 0 Å². The van der Waals surface area contributed by atoms with E-state index in [1.807, 2.05) is 60.7 Å². The fourth-order valence-corrected chi connectivity index (χ4v) is 11.1. The molecular weight excluding hydrogens is 473 g/mol. The average molecular weight is 498 g/mol. The topological polar surface area (TPSA) is 0 Å². The lowest BCUT2D eigenvalue weighted by molar-refractivity contribution is 0.628. The number of rotatable bonds is 6. The summed E-state index contributed by atoms with van der Waals surface area (Å²) in [5, 5.41) is 3.24. The Hall–Kier alpha value is -3.26. The normalized spacial score (nSPS) is 14.7. The zero-order valence-corrected chi connectivity index (χ0v) is 20.7. The summed E-state index contributed by atoms with van der Waals surface area (Å²) in [4.78, 5) is 1.15. The summed E-state index contributed by atoms with van der Waals surface area (Å²) >= 11 is 1.81. The first kappa shape index (κ1) is 23.5. The van der Waals surface area contributed by atoms with Gasteiger partial charge in [-0.15, -0.1) is 0 Å². The van der Waals surface area contributed by atoms with Crippen molar-refractivity contribution in [2.45, 2.75) is 6.42 Å². The van der Waals surface area contributed by atoms with Crippen molar-refractivity contribution in [3.8, 4) is 0 Å². The highest BCUT2D eigenvalue weighted by molar-refractivity contribution is 8.70. The first-order valence-electron chi connectivity index (χ1n) is 11.4. The van der Waals surface area contributed by atoms with E-state index in [0.29, 0.717) is 0 Å². The SMILES string of the molecule is Fc1ccc([P+](SC2=CCC(=Cc3ccccc3)C=C2)(c2ccccc2)c2ccc(F)cc2)cc1. The van der Waals surface area contributed by atoms with Crippen LogP contribution in [-0.4, -0.2) is 0 Å². The van der Waals surface area contributed by atoms with E-state index >= 15 is 0 Å². The van der Waals surface area contributed by atoms with Gasteiger partial charge < -0.3 is 0 Å². The molecule has 0 unspecified atom stereocenters. The standard InChI is InChI=1S/C31H24F2PS/c32-26-13-17-29(18-14-26)34(28-9-5-2-6-10-28,30-19-15-27(33)16-20-30)35-31-21-11-25(12-22-31)23-24-7-3-1-4-8-24/h1-11,13-23H,12H2/q+1. The van der Waals surface area contributed by atoms with Crippen LogP contribution in [0.3, 0.4) is 0 Å². The molecule has 35 heavy (non-hydrogen) atoms. The lowest BCUT2D eigenvalue weighted by Gasteiger charge is -2.26. The maximum absolute atomic E-state index is 13.9. The molecule has 0 nitrogen and oxygen atoms in total. The summed E-state index contributed by atoms with van der Waals surface area (Å²) in [7, 11) is 0. The number of allylic oxidation sites excluding steroid dienone is 4. The molecule has 0 amide bonds. The lowest BCUT2D eigenvalue weighted by Crippen LogP contribution is -2.29. The first-order chi connectivity index (χ1) is 17.1. The molecule has 0 saturated heterocycles. The maximum atomic E-state index is 13.9. The van der Waals surface area contributed by atoms with Crippen molar-refractivity contribution in [1.82, 2.24) is 0 Å². The van der Waals surface area contributed by atoms with E-state index < -0.39 is 6.46 Å². The first-order valence-corrected chi connectivity index (χ1v) is 14.6. The van der Waals surface area contributed by atoms with Crippen LogP contribution in [0, 0.1) is 11.6 Å². The molecule has 0 fully saturated rings. The minimum absolute atomic E-state index is 0.267. The molecule has 4 aromatic carbocycles. The van der Waals surface area contributed by atoms with Crippen molar-refractivity contribution in [2.75, 3.05) is 0 Å². The molecule has 1 aliphatic carbocycles. The number of benzene rings is 4. The van der Waals surface area contributed by atoms with Gasteiger partial charge in [0, 0.05) is 4.91 Å². The van der Waals surface area contributed by atoms with E-state index in [4.69, 9.17) is 0 Å². The van der Waals surface area contributed by atoms with E-state index in [-0.39, 0.29) is 11.6 Å². The second kappa shape index (κ2) is 10.6. The molecule has 4 heteroatoms. The minimum atomic E-state index is -2.30. The van der Waals surface area contributed by atoms with Gasteiger partial charge in [0.2, 0.25) is 0 Å². The van der Waals surface area contributed by atoms with Crippen LogP contribution in [0.25, 0.3) is 6.08 Å². The third-order valence-electron chi connectivity index (χ3n) is 5.89. The van der Waals surface area contributed by atoms with Gasteiger partial charge in [-0.25, -0.2) is 8.78 Å². The maximum Gasteiger partial charge on any atom is 0.176 e. The molecule has 0 bridgehead atoms. The molecule has 0 aromatic heterocycles. The number of hydrogen-bond acceptors (Lipinski definition) is 1. The van der Waals surface area contributed by atoms with Gasteiger partial charge in [-0.3, -0.25) is 0 Å². The minimum Gasteiger partial charge on any atom is -0.207 e. The van der Waals surface area contributed by atoms with E-state index in [9.17, 15) is 8.78 Å². The van der Waals surface area contributed by atoms with Crippen LogP contribution in [0.5, 0.6) is 0 Å². The summed E-state index contributed by atoms with van der Waals surface area (Å²) in [5.74, 6) is -0.534. The lowest BCUT2D eigenvalue weighted by atomic mass is 10.0. The molecule has 172 valence electrons. The Balaban J connectivity index is 1.59. The molecule has 1 aliphatic rings. The summed E-state index contributed by atoms with van der Waals surface area (Å²) in [6, 6.07) is 34.2. The molecule has 5 rings (SSSR count). The number of halogens is 2. The van der Waals surface area contributed by atoms with Crippen molar-refractivity contribution in [2.24, 2.45) is 0 Å². The summed E-state index contributed by atoms with van der Waals surface area (Å²) in [6.07, 6.45) is 9.62. The predicted molar refractivity (Wildman–Crippen MR) is 149 cm³/mol. The Morgan fingerprint density at radius 2 is 1.11 bits per heavy atom. The van der Waals surface area contributed by atoms with E-state index in [0.717, 1.165) is 27.2 Å². The van der Waals surface area contributed by atoms with Gasteiger partial charge in [0.1, 0.15) is 27.5 Å². The van der Waals surface area contributed by atoms with Gasteiger partial charge >= 0.3 is 0 Å². The van der Waals surface area contributed by atoms with E-state index in [2.05, 4.69) is 48.6 Å². The highest BCUT2D eigenvalue weighted by Crippen LogP contribution is 2.69. The zero-order chi connectivity index (χ0) is 24.1. The monoisotopic (exact) mass is 497 g/mol. The van der Waals surface area contributed by atoms with Gasteiger partial charge in [-0.1, -0.05) is 66.8 Å². The fraction of sp³-hybridized carbons (Fsp3) is 0.0323. The van der Waals surface area contributed by atoms with Gasteiger partial charge in [0.05, 0.1) is 11.4 Å². The molecule has 0 radical (unpaired) electrons. The second-order valence-corrected chi connectivity index (χ2v) is 13.9. The smallest absolute Gasteiger partial charge is 0.176 e. The Bertz CT molecular complexity index is 1330. The van der Waals surface area contributed by atoms with Gasteiger partial charge in [0.25, 0.3) is 0 Å². The highest BCUT2D eigenvalue weighted by Gasteiger charge is 2.48. The molecule has 0 N–H and O–H groups in total. The van der Waals surface area contributed by atoms with Gasteiger partial charge in [-0.05, 0) is 84.3 Å². The predicted octanol–water partition coefficient (Wildman–Crippen LogP) is 7.83. The van der Waals surface area contributed by atoms with Crippen LogP contribution >= 0.6 is 17.8 Å². The number of hydrogen-bond donors (Lipinski definition) is 0. The molecule has 4 aromatic rings. The Labute approximate surface area is 209 Å². The van der Waals surface area contributed by atoms with Crippen LogP contribution in [0.2, 0.25) is 0 Å². The van der Waals surface area contributed by atoms with Crippen LogP contribution in [0.15, 0.2) is 138 Å². The fourth-order valence-electron chi connectivity index (χ4n) is 4.19. The van der Waals surface area contributed by atoms with Crippen LogP contribution in [-0.2, 0) is 0 Å². The molecule has 0 aliphatic heterocycles. The van der Waals surface area contributed by atoms with Crippen LogP contribution in [0.1, 0.15) is 12.0 Å². The van der Waals surface area contributed by atoms with Crippen molar-refractivity contribution >= 4 is 39.8 Å². The van der Waals surface area contributed by atoms with Crippen molar-refractivity contribution in [3.05, 3.63) is 155 Å². The van der Waals surface area contributed by atoms with Crippen LogP contribution in [0.4, 0.5) is 8.78 Å². The highest BCUT2D eigenvalue weighted by atomic mass is 32.7. The molecule has 0 spiro atoms. The van der Waals surface area contributed by atoms with Gasteiger partial charge in [0.15, 0.2) is 6.46 Å². The van der Waals surface area contributed by atoms with Crippen molar-refractivity contribution in [1.29, 1.82) is 0 Å². The second-order valence-electron chi connectivity index (χ2n) is 8.26. The third kappa shape index (κ3) is 5.22.